The van der Waals surface area contributed by atoms with Crippen LogP contribution in [0.25, 0.3) is 39.1 Å². The van der Waals surface area contributed by atoms with Crippen LogP contribution < -0.4 is 4.74 Å². The Balaban J connectivity index is 1.46. The molecule has 0 amide bonds. The number of nitrogens with zero attached hydrogens (tertiary/aromatic N) is 2. The summed E-state index contributed by atoms with van der Waals surface area (Å²) in [5.74, 6) is 0.932. The van der Waals surface area contributed by atoms with Crippen molar-refractivity contribution in [3.05, 3.63) is 66.4 Å². The number of fused-ring (bicyclic) bond motifs is 3. The Morgan fingerprint density at radius 1 is 0.886 bits per heavy atom. The highest BCUT2D eigenvalue weighted by atomic mass is 16.5. The Labute approximate surface area is 210 Å². The summed E-state index contributed by atoms with van der Waals surface area (Å²) in [5, 5.41) is 2.38. The summed E-state index contributed by atoms with van der Waals surface area (Å²) in [6, 6.07) is 17.3. The zero-order valence-electron chi connectivity index (χ0n) is 21.5. The fourth-order valence-corrected chi connectivity index (χ4v) is 4.55. The topological polar surface area (TPSA) is 41.1 Å². The zero-order valence-corrected chi connectivity index (χ0v) is 21.5. The lowest BCUT2D eigenvalue weighted by Gasteiger charge is -2.17. The smallest absolute Gasteiger partial charge is 0.138 e. The summed E-state index contributed by atoms with van der Waals surface area (Å²) in [5.41, 5.74) is 5.61. The van der Waals surface area contributed by atoms with Crippen molar-refractivity contribution in [2.24, 2.45) is 0 Å². The molecule has 0 aliphatic rings. The van der Waals surface area contributed by atoms with E-state index in [4.69, 9.17) is 4.74 Å². The van der Waals surface area contributed by atoms with Gasteiger partial charge in [-0.05, 0) is 79.4 Å². The first-order chi connectivity index (χ1) is 17.2. The fraction of sp³-hybridized carbons (Fsp3) is 0.387. The molecule has 0 saturated carbocycles. The molecule has 0 atom stereocenters. The fourth-order valence-electron chi connectivity index (χ4n) is 4.55. The molecule has 0 unspecified atom stereocenters. The molecule has 4 rings (SSSR count). The molecule has 2 heterocycles. The molecule has 2 aromatic heterocycles. The summed E-state index contributed by atoms with van der Waals surface area (Å²) >= 11 is 0. The summed E-state index contributed by atoms with van der Waals surface area (Å²) in [4.78, 5) is 10.6. The minimum absolute atomic E-state index is 0.750. The predicted molar refractivity (Wildman–Crippen MR) is 150 cm³/mol. The number of H-pyrrole nitrogens is 1. The number of pyridine rings is 1. The van der Waals surface area contributed by atoms with E-state index < -0.39 is 0 Å². The van der Waals surface area contributed by atoms with Gasteiger partial charge in [0.15, 0.2) is 0 Å². The lowest BCUT2D eigenvalue weighted by Crippen LogP contribution is -2.25. The third-order valence-corrected chi connectivity index (χ3v) is 6.73. The first kappa shape index (κ1) is 25.0. The van der Waals surface area contributed by atoms with Gasteiger partial charge >= 0.3 is 0 Å². The number of aromatic nitrogens is 2. The maximum atomic E-state index is 5.97. The lowest BCUT2D eigenvalue weighted by molar-refractivity contribution is 0.249. The van der Waals surface area contributed by atoms with Gasteiger partial charge in [0.2, 0.25) is 0 Å². The van der Waals surface area contributed by atoms with Gasteiger partial charge in [0.1, 0.15) is 11.4 Å². The largest absolute Gasteiger partial charge is 0.494 e. The zero-order chi connectivity index (χ0) is 24.5. The van der Waals surface area contributed by atoms with Gasteiger partial charge in [0.05, 0.1) is 6.61 Å². The maximum absolute atomic E-state index is 5.97. The summed E-state index contributed by atoms with van der Waals surface area (Å²) in [6.45, 7) is 10.7. The molecule has 2 aromatic carbocycles. The quantitative estimate of drug-likeness (QED) is 0.201. The molecule has 4 heteroatoms. The van der Waals surface area contributed by atoms with Crippen LogP contribution in [0.15, 0.2) is 60.8 Å². The highest BCUT2D eigenvalue weighted by Gasteiger charge is 2.08. The van der Waals surface area contributed by atoms with Gasteiger partial charge in [-0.25, -0.2) is 4.98 Å². The van der Waals surface area contributed by atoms with Crippen LogP contribution >= 0.6 is 0 Å². The first-order valence-electron chi connectivity index (χ1n) is 13.3. The van der Waals surface area contributed by atoms with E-state index >= 15 is 0 Å². The summed E-state index contributed by atoms with van der Waals surface area (Å²) in [7, 11) is 0. The third kappa shape index (κ3) is 6.52. The molecule has 0 bridgehead atoms. The molecular formula is C31H39N3O. The van der Waals surface area contributed by atoms with Gasteiger partial charge in [-0.3, -0.25) is 0 Å². The van der Waals surface area contributed by atoms with Crippen LogP contribution in [0.5, 0.6) is 5.75 Å². The SMILES string of the molecule is CCCCCC=Cc1cnc2[nH]c3ccc(-c4ccc(OCCCN(CC)CC)cc4)cc3c2c1. The van der Waals surface area contributed by atoms with Crippen molar-refractivity contribution >= 4 is 28.0 Å². The van der Waals surface area contributed by atoms with Crippen LogP contribution in [0.2, 0.25) is 0 Å². The average molecular weight is 470 g/mol. The number of ether oxygens (including phenoxy) is 1. The number of hydrogen-bond acceptors (Lipinski definition) is 3. The molecular weight excluding hydrogens is 430 g/mol. The number of nitrogens with one attached hydrogen (secondary N) is 1. The lowest BCUT2D eigenvalue weighted by atomic mass is 10.0. The van der Waals surface area contributed by atoms with Gasteiger partial charge in [-0.2, -0.15) is 0 Å². The van der Waals surface area contributed by atoms with Crippen molar-refractivity contribution in [2.45, 2.75) is 52.9 Å². The third-order valence-electron chi connectivity index (χ3n) is 6.73. The summed E-state index contributed by atoms with van der Waals surface area (Å²) < 4.78 is 5.97. The minimum Gasteiger partial charge on any atom is -0.494 e. The molecule has 0 radical (unpaired) electrons. The minimum atomic E-state index is 0.750. The Bertz CT molecular complexity index is 1240. The Morgan fingerprint density at radius 3 is 2.46 bits per heavy atom. The van der Waals surface area contributed by atoms with E-state index in [1.54, 1.807) is 0 Å². The van der Waals surface area contributed by atoms with Crippen LogP contribution in [0.4, 0.5) is 0 Å². The van der Waals surface area contributed by atoms with Crippen LogP contribution in [0, 0.1) is 0 Å². The van der Waals surface area contributed by atoms with Gasteiger partial charge in [0, 0.05) is 29.0 Å². The van der Waals surface area contributed by atoms with Crippen molar-refractivity contribution in [1.82, 2.24) is 14.9 Å². The van der Waals surface area contributed by atoms with E-state index in [1.165, 1.54) is 41.2 Å². The number of hydrogen-bond donors (Lipinski definition) is 1. The first-order valence-corrected chi connectivity index (χ1v) is 13.3. The molecule has 4 nitrogen and oxygen atoms in total. The van der Waals surface area contributed by atoms with Crippen molar-refractivity contribution in [1.29, 1.82) is 0 Å². The Morgan fingerprint density at radius 2 is 1.69 bits per heavy atom. The molecule has 0 saturated heterocycles. The predicted octanol–water partition coefficient (Wildman–Crippen LogP) is 8.09. The molecule has 0 fully saturated rings. The molecule has 0 aliphatic carbocycles. The normalized spacial score (nSPS) is 11.9. The average Bonchev–Trinajstić information content (AvgIpc) is 3.26. The molecule has 184 valence electrons. The van der Waals surface area contributed by atoms with Gasteiger partial charge in [-0.15, -0.1) is 0 Å². The number of rotatable bonds is 13. The molecule has 0 spiro atoms. The van der Waals surface area contributed by atoms with E-state index in [-0.39, 0.29) is 0 Å². The van der Waals surface area contributed by atoms with Crippen LogP contribution in [-0.4, -0.2) is 41.1 Å². The molecule has 4 aromatic rings. The van der Waals surface area contributed by atoms with Crippen LogP contribution in [0.3, 0.4) is 0 Å². The van der Waals surface area contributed by atoms with E-state index in [0.717, 1.165) is 61.6 Å². The number of allylic oxidation sites excluding steroid dienone is 1. The maximum Gasteiger partial charge on any atom is 0.138 e. The monoisotopic (exact) mass is 469 g/mol. The van der Waals surface area contributed by atoms with E-state index in [9.17, 15) is 0 Å². The van der Waals surface area contributed by atoms with Gasteiger partial charge in [-0.1, -0.05) is 64.0 Å². The Kier molecular flexibility index (Phi) is 8.96. The highest BCUT2D eigenvalue weighted by molar-refractivity contribution is 6.07. The van der Waals surface area contributed by atoms with Crippen LogP contribution in [-0.2, 0) is 0 Å². The van der Waals surface area contributed by atoms with Crippen LogP contribution in [0.1, 0.15) is 58.4 Å². The second-order valence-electron chi connectivity index (χ2n) is 9.20. The highest BCUT2D eigenvalue weighted by Crippen LogP contribution is 2.31. The Hall–Kier alpha value is -3.11. The number of unbranched alkanes of at least 4 members (excludes halogenated alkanes) is 3. The molecule has 35 heavy (non-hydrogen) atoms. The number of aromatic amines is 1. The standard InChI is InChI=1S/C31H39N3O/c1-4-7-8-9-10-12-24-21-29-28-22-26(15-18-30(28)33-31(29)32-23-24)25-13-16-27(17-14-25)35-20-11-19-34(5-2)6-3/h10,12-18,21-23H,4-9,11,19-20H2,1-3H3,(H,32,33). The van der Waals surface area contributed by atoms with Gasteiger partial charge < -0.3 is 14.6 Å². The van der Waals surface area contributed by atoms with E-state index in [0.29, 0.717) is 0 Å². The summed E-state index contributed by atoms with van der Waals surface area (Å²) in [6.07, 6.45) is 12.4. The van der Waals surface area contributed by atoms with Crippen molar-refractivity contribution in [3.8, 4) is 16.9 Å². The van der Waals surface area contributed by atoms with Gasteiger partial charge in [0.25, 0.3) is 0 Å². The molecule has 1 N–H and O–H groups in total. The second-order valence-corrected chi connectivity index (χ2v) is 9.20. The van der Waals surface area contributed by atoms with Crippen molar-refractivity contribution < 1.29 is 4.74 Å². The number of benzene rings is 2. The van der Waals surface area contributed by atoms with E-state index in [1.807, 2.05) is 6.20 Å². The van der Waals surface area contributed by atoms with Crippen molar-refractivity contribution in [2.75, 3.05) is 26.2 Å². The van der Waals surface area contributed by atoms with E-state index in [2.05, 4.69) is 96.3 Å². The van der Waals surface area contributed by atoms with Crippen molar-refractivity contribution in [3.63, 3.8) is 0 Å². The second kappa shape index (κ2) is 12.6. The molecule has 0 aliphatic heterocycles.